The minimum absolute atomic E-state index is 0.108. The van der Waals surface area contributed by atoms with Crippen LogP contribution in [0.4, 0.5) is 0 Å². The lowest BCUT2D eigenvalue weighted by Gasteiger charge is -2.37. The van der Waals surface area contributed by atoms with Gasteiger partial charge in [-0.25, -0.2) is 8.42 Å². The lowest BCUT2D eigenvalue weighted by atomic mass is 9.75. The van der Waals surface area contributed by atoms with E-state index in [1.54, 1.807) is 36.1 Å². The summed E-state index contributed by atoms with van der Waals surface area (Å²) >= 11 is 0. The van der Waals surface area contributed by atoms with Crippen molar-refractivity contribution in [3.05, 3.63) is 48.3 Å². The molecule has 0 spiro atoms. The van der Waals surface area contributed by atoms with E-state index in [1.165, 1.54) is 12.1 Å². The van der Waals surface area contributed by atoms with E-state index in [0.717, 1.165) is 5.56 Å². The van der Waals surface area contributed by atoms with Gasteiger partial charge in [0, 0.05) is 25.2 Å². The van der Waals surface area contributed by atoms with Crippen molar-refractivity contribution in [2.45, 2.75) is 36.3 Å². The van der Waals surface area contributed by atoms with Crippen molar-refractivity contribution >= 4 is 15.7 Å². The zero-order valence-electron chi connectivity index (χ0n) is 14.6. The third-order valence-corrected chi connectivity index (χ3v) is 6.45. The smallest absolute Gasteiger partial charge is 0.221 e. The highest BCUT2D eigenvalue weighted by molar-refractivity contribution is 7.91. The topological polar surface area (TPSA) is 101 Å². The molecule has 1 aliphatic carbocycles. The first-order valence-corrected chi connectivity index (χ1v) is 10.2. The third-order valence-electron chi connectivity index (χ3n) is 4.72. The van der Waals surface area contributed by atoms with Crippen LogP contribution in [-0.4, -0.2) is 41.1 Å². The Balaban J connectivity index is 1.63. The number of benzene rings is 1. The Hall–Kier alpha value is -2.19. The number of nitrogens with zero attached hydrogens (tertiary/aromatic N) is 2. The fourth-order valence-corrected chi connectivity index (χ4v) is 4.46. The SMILES string of the molecule is Cn1cc([C@H](NC(=O)CCS(=O)(=O)c2ccccc2)C2CC(O)C2)cn1. The Morgan fingerprint density at radius 1 is 1.35 bits per heavy atom. The van der Waals surface area contributed by atoms with E-state index in [2.05, 4.69) is 10.4 Å². The lowest BCUT2D eigenvalue weighted by Crippen LogP contribution is -2.41. The van der Waals surface area contributed by atoms with Crippen LogP contribution in [0, 0.1) is 5.92 Å². The third kappa shape index (κ3) is 4.31. The van der Waals surface area contributed by atoms with E-state index in [-0.39, 0.29) is 41.0 Å². The zero-order valence-corrected chi connectivity index (χ0v) is 15.4. The molecule has 2 N–H and O–H groups in total. The molecule has 0 aliphatic heterocycles. The van der Waals surface area contributed by atoms with E-state index in [1.807, 2.05) is 6.20 Å². The Morgan fingerprint density at radius 3 is 2.62 bits per heavy atom. The molecule has 140 valence electrons. The predicted molar refractivity (Wildman–Crippen MR) is 95.9 cm³/mol. The number of hydrogen-bond acceptors (Lipinski definition) is 5. The number of carbonyl (C=O) groups excluding carboxylic acids is 1. The average molecular weight is 377 g/mol. The molecule has 1 fully saturated rings. The molecule has 0 bridgehead atoms. The Labute approximate surface area is 153 Å². The molecular formula is C18H23N3O4S. The maximum atomic E-state index is 12.4. The highest BCUT2D eigenvalue weighted by atomic mass is 32.2. The number of aliphatic hydroxyl groups is 1. The first-order chi connectivity index (χ1) is 12.3. The van der Waals surface area contributed by atoms with Gasteiger partial charge in [0.2, 0.25) is 5.91 Å². The monoisotopic (exact) mass is 377 g/mol. The summed E-state index contributed by atoms with van der Waals surface area (Å²) in [5.74, 6) is -0.431. The van der Waals surface area contributed by atoms with Crippen molar-refractivity contribution < 1.29 is 18.3 Å². The van der Waals surface area contributed by atoms with Gasteiger partial charge in [0.05, 0.1) is 29.0 Å². The number of hydrogen-bond donors (Lipinski definition) is 2. The van der Waals surface area contributed by atoms with Crippen LogP contribution >= 0.6 is 0 Å². The summed E-state index contributed by atoms with van der Waals surface area (Å²) in [6.07, 6.45) is 4.30. The van der Waals surface area contributed by atoms with Crippen molar-refractivity contribution in [2.75, 3.05) is 5.75 Å². The molecule has 0 saturated heterocycles. The van der Waals surface area contributed by atoms with E-state index >= 15 is 0 Å². The highest BCUT2D eigenvalue weighted by Gasteiger charge is 2.36. The highest BCUT2D eigenvalue weighted by Crippen LogP contribution is 2.38. The summed E-state index contributed by atoms with van der Waals surface area (Å²) in [5.41, 5.74) is 0.865. The lowest BCUT2D eigenvalue weighted by molar-refractivity contribution is -0.122. The molecule has 1 aliphatic rings. The number of carbonyl (C=O) groups is 1. The normalized spacial score (nSPS) is 21.0. The summed E-state index contributed by atoms with van der Waals surface area (Å²) in [7, 11) is -1.69. The standard InChI is InChI=1S/C18H23N3O4S/c1-21-12-14(11-19-21)18(13-9-15(22)10-13)20-17(23)7-8-26(24,25)16-5-3-2-4-6-16/h2-6,11-13,15,18,22H,7-10H2,1H3,(H,20,23)/t13?,15?,18-/m1/s1. The van der Waals surface area contributed by atoms with Crippen LogP contribution in [0.3, 0.4) is 0 Å². The fraction of sp³-hybridized carbons (Fsp3) is 0.444. The van der Waals surface area contributed by atoms with E-state index < -0.39 is 9.84 Å². The molecule has 3 rings (SSSR count). The first-order valence-electron chi connectivity index (χ1n) is 8.59. The van der Waals surface area contributed by atoms with E-state index in [4.69, 9.17) is 0 Å². The Morgan fingerprint density at radius 2 is 2.04 bits per heavy atom. The predicted octanol–water partition coefficient (Wildman–Crippen LogP) is 1.21. The molecule has 2 aromatic rings. The Bertz CT molecular complexity index is 858. The van der Waals surface area contributed by atoms with Crippen LogP contribution in [0.5, 0.6) is 0 Å². The van der Waals surface area contributed by atoms with Gasteiger partial charge in [-0.3, -0.25) is 9.48 Å². The molecule has 8 heteroatoms. The average Bonchev–Trinajstić information content (AvgIpc) is 3.02. The summed E-state index contributed by atoms with van der Waals surface area (Å²) in [6, 6.07) is 7.86. The van der Waals surface area contributed by atoms with Crippen LogP contribution in [0.25, 0.3) is 0 Å². The van der Waals surface area contributed by atoms with Gasteiger partial charge in [0.25, 0.3) is 0 Å². The minimum Gasteiger partial charge on any atom is -0.393 e. The van der Waals surface area contributed by atoms with Crippen molar-refractivity contribution in [3.63, 3.8) is 0 Å². The van der Waals surface area contributed by atoms with Gasteiger partial charge in [-0.2, -0.15) is 5.10 Å². The van der Waals surface area contributed by atoms with Crippen LogP contribution in [0.1, 0.15) is 30.9 Å². The molecule has 1 heterocycles. The largest absolute Gasteiger partial charge is 0.393 e. The molecule has 0 unspecified atom stereocenters. The number of sulfone groups is 1. The van der Waals surface area contributed by atoms with Crippen molar-refractivity contribution in [1.29, 1.82) is 0 Å². The zero-order chi connectivity index (χ0) is 18.7. The second-order valence-electron chi connectivity index (χ2n) is 6.76. The van der Waals surface area contributed by atoms with Gasteiger partial charge < -0.3 is 10.4 Å². The van der Waals surface area contributed by atoms with Crippen LogP contribution in [-0.2, 0) is 21.7 Å². The number of aryl methyl sites for hydroxylation is 1. The summed E-state index contributed by atoms with van der Waals surface area (Å²) in [5, 5.41) is 16.6. The van der Waals surface area contributed by atoms with Crippen molar-refractivity contribution in [3.8, 4) is 0 Å². The van der Waals surface area contributed by atoms with Crippen LogP contribution < -0.4 is 5.32 Å². The number of amides is 1. The van der Waals surface area contributed by atoms with Crippen LogP contribution in [0.2, 0.25) is 0 Å². The molecule has 1 aromatic heterocycles. The molecule has 1 aromatic carbocycles. The summed E-state index contributed by atoms with van der Waals surface area (Å²) in [6.45, 7) is 0. The molecule has 1 saturated carbocycles. The minimum atomic E-state index is -3.49. The first kappa shape index (κ1) is 18.6. The maximum Gasteiger partial charge on any atom is 0.221 e. The summed E-state index contributed by atoms with van der Waals surface area (Å²) < 4.78 is 26.3. The van der Waals surface area contributed by atoms with Crippen molar-refractivity contribution in [2.24, 2.45) is 13.0 Å². The summed E-state index contributed by atoms with van der Waals surface area (Å²) in [4.78, 5) is 12.6. The van der Waals surface area contributed by atoms with E-state index in [9.17, 15) is 18.3 Å². The van der Waals surface area contributed by atoms with E-state index in [0.29, 0.717) is 12.8 Å². The van der Waals surface area contributed by atoms with Gasteiger partial charge >= 0.3 is 0 Å². The molecule has 1 amide bonds. The molecule has 0 radical (unpaired) electrons. The maximum absolute atomic E-state index is 12.4. The number of aromatic nitrogens is 2. The molecule has 1 atom stereocenters. The number of nitrogens with one attached hydrogen (secondary N) is 1. The van der Waals surface area contributed by atoms with Gasteiger partial charge in [0.15, 0.2) is 9.84 Å². The fourth-order valence-electron chi connectivity index (χ4n) is 3.19. The number of aliphatic hydroxyl groups excluding tert-OH is 1. The molecular weight excluding hydrogens is 354 g/mol. The second kappa shape index (κ2) is 7.59. The molecule has 7 nitrogen and oxygen atoms in total. The Kier molecular flexibility index (Phi) is 5.43. The van der Waals surface area contributed by atoms with Crippen LogP contribution in [0.15, 0.2) is 47.6 Å². The van der Waals surface area contributed by atoms with Gasteiger partial charge in [-0.05, 0) is 30.9 Å². The van der Waals surface area contributed by atoms with Gasteiger partial charge in [-0.1, -0.05) is 18.2 Å². The number of rotatable bonds is 7. The van der Waals surface area contributed by atoms with Gasteiger partial charge in [-0.15, -0.1) is 0 Å². The van der Waals surface area contributed by atoms with Gasteiger partial charge in [0.1, 0.15) is 0 Å². The molecule has 26 heavy (non-hydrogen) atoms. The quantitative estimate of drug-likeness (QED) is 0.755. The van der Waals surface area contributed by atoms with Crippen molar-refractivity contribution in [1.82, 2.24) is 15.1 Å². The second-order valence-corrected chi connectivity index (χ2v) is 8.87.